The smallest absolute Gasteiger partial charge is 0.120 e. The van der Waals surface area contributed by atoms with Crippen LogP contribution in [0.15, 0.2) is 22.7 Å². The summed E-state index contributed by atoms with van der Waals surface area (Å²) in [5.41, 5.74) is 1.27. The van der Waals surface area contributed by atoms with Gasteiger partial charge in [0.2, 0.25) is 0 Å². The van der Waals surface area contributed by atoms with Gasteiger partial charge in [-0.3, -0.25) is 0 Å². The maximum atomic E-state index is 5.69. The van der Waals surface area contributed by atoms with Crippen molar-refractivity contribution in [3.05, 3.63) is 28.2 Å². The van der Waals surface area contributed by atoms with Crippen molar-refractivity contribution in [3.63, 3.8) is 0 Å². The van der Waals surface area contributed by atoms with Crippen molar-refractivity contribution < 1.29 is 9.47 Å². The first kappa shape index (κ1) is 14.8. The van der Waals surface area contributed by atoms with Crippen LogP contribution in [0, 0.1) is 5.92 Å². The van der Waals surface area contributed by atoms with Crippen LogP contribution in [0.4, 0.5) is 0 Å². The topological polar surface area (TPSA) is 30.5 Å². The zero-order valence-corrected chi connectivity index (χ0v) is 13.4. The predicted molar refractivity (Wildman–Crippen MR) is 80.6 cm³/mol. The third-order valence-corrected chi connectivity index (χ3v) is 4.32. The zero-order valence-electron chi connectivity index (χ0n) is 11.8. The summed E-state index contributed by atoms with van der Waals surface area (Å²) in [4.78, 5) is 0. The van der Waals surface area contributed by atoms with Gasteiger partial charge >= 0.3 is 0 Å². The molecular weight excluding hydrogens is 306 g/mol. The van der Waals surface area contributed by atoms with E-state index in [2.05, 4.69) is 34.2 Å². The van der Waals surface area contributed by atoms with Crippen molar-refractivity contribution >= 4 is 15.9 Å². The van der Waals surface area contributed by atoms with E-state index in [9.17, 15) is 0 Å². The van der Waals surface area contributed by atoms with Crippen molar-refractivity contribution in [1.82, 2.24) is 5.32 Å². The summed E-state index contributed by atoms with van der Waals surface area (Å²) in [6.07, 6.45) is 1.47. The fraction of sp³-hybridized carbons (Fsp3) is 0.600. The molecule has 1 fully saturated rings. The Hall–Kier alpha value is -0.580. The van der Waals surface area contributed by atoms with E-state index in [1.165, 1.54) is 5.56 Å². The molecular formula is C15H22BrNO2. The minimum Gasteiger partial charge on any atom is -0.494 e. The monoisotopic (exact) mass is 327 g/mol. The largest absolute Gasteiger partial charge is 0.494 e. The van der Waals surface area contributed by atoms with Crippen LogP contribution < -0.4 is 10.1 Å². The number of hydrogen-bond acceptors (Lipinski definition) is 3. The van der Waals surface area contributed by atoms with Gasteiger partial charge in [-0.2, -0.15) is 0 Å². The molecule has 19 heavy (non-hydrogen) atoms. The average molecular weight is 328 g/mol. The molecule has 2 rings (SSSR count). The molecule has 1 aromatic rings. The highest BCUT2D eigenvalue weighted by atomic mass is 79.9. The van der Waals surface area contributed by atoms with Crippen LogP contribution in [-0.2, 0) is 4.74 Å². The maximum Gasteiger partial charge on any atom is 0.120 e. The quantitative estimate of drug-likeness (QED) is 0.897. The van der Waals surface area contributed by atoms with E-state index in [1.54, 1.807) is 0 Å². The van der Waals surface area contributed by atoms with Gasteiger partial charge < -0.3 is 14.8 Å². The summed E-state index contributed by atoms with van der Waals surface area (Å²) < 4.78 is 12.3. The van der Waals surface area contributed by atoms with Gasteiger partial charge in [0.1, 0.15) is 5.75 Å². The highest BCUT2D eigenvalue weighted by molar-refractivity contribution is 9.10. The molecule has 1 aromatic carbocycles. The molecule has 3 atom stereocenters. The number of nitrogens with one attached hydrogen (secondary N) is 1. The fourth-order valence-electron chi connectivity index (χ4n) is 2.74. The lowest BCUT2D eigenvalue weighted by Crippen LogP contribution is -2.26. The first-order valence-electron chi connectivity index (χ1n) is 6.86. The molecule has 3 nitrogen and oxygen atoms in total. The van der Waals surface area contributed by atoms with Gasteiger partial charge in [0.05, 0.1) is 19.3 Å². The van der Waals surface area contributed by atoms with E-state index in [0.29, 0.717) is 24.7 Å². The van der Waals surface area contributed by atoms with Crippen molar-refractivity contribution in [2.75, 3.05) is 20.3 Å². The lowest BCUT2D eigenvalue weighted by atomic mass is 9.91. The fourth-order valence-corrected chi connectivity index (χ4v) is 3.35. The molecule has 1 aliphatic rings. The van der Waals surface area contributed by atoms with Crippen molar-refractivity contribution in [2.45, 2.75) is 32.4 Å². The molecule has 0 bridgehead atoms. The Labute approximate surface area is 123 Å². The second-order valence-electron chi connectivity index (χ2n) is 5.02. The third-order valence-electron chi connectivity index (χ3n) is 3.63. The number of benzene rings is 1. The van der Waals surface area contributed by atoms with Gasteiger partial charge in [0.15, 0.2) is 0 Å². The Kier molecular flexibility index (Phi) is 5.25. The highest BCUT2D eigenvalue weighted by Crippen LogP contribution is 2.36. The Bertz CT molecular complexity index is 425. The van der Waals surface area contributed by atoms with E-state index in [1.807, 2.05) is 26.1 Å². The Morgan fingerprint density at radius 3 is 2.84 bits per heavy atom. The van der Waals surface area contributed by atoms with Crippen molar-refractivity contribution in [2.24, 2.45) is 5.92 Å². The third kappa shape index (κ3) is 3.50. The van der Waals surface area contributed by atoms with Crippen molar-refractivity contribution in [1.29, 1.82) is 0 Å². The van der Waals surface area contributed by atoms with Crippen LogP contribution in [-0.4, -0.2) is 26.4 Å². The lowest BCUT2D eigenvalue weighted by molar-refractivity contribution is 0.117. The van der Waals surface area contributed by atoms with Gasteiger partial charge in [0.25, 0.3) is 0 Å². The molecule has 0 amide bonds. The molecule has 1 saturated heterocycles. The molecule has 1 aliphatic heterocycles. The number of rotatable bonds is 5. The van der Waals surface area contributed by atoms with Crippen LogP contribution >= 0.6 is 15.9 Å². The summed E-state index contributed by atoms with van der Waals surface area (Å²) >= 11 is 3.66. The molecule has 4 heteroatoms. The van der Waals surface area contributed by atoms with E-state index in [-0.39, 0.29) is 0 Å². The molecule has 0 aliphatic carbocycles. The second kappa shape index (κ2) is 6.73. The van der Waals surface area contributed by atoms with Gasteiger partial charge in [-0.05, 0) is 45.0 Å². The summed E-state index contributed by atoms with van der Waals surface area (Å²) in [6.45, 7) is 5.65. The minimum atomic E-state index is 0.315. The van der Waals surface area contributed by atoms with Gasteiger partial charge in [-0.1, -0.05) is 22.0 Å². The average Bonchev–Trinajstić information content (AvgIpc) is 2.80. The molecule has 0 aromatic heterocycles. The van der Waals surface area contributed by atoms with Gasteiger partial charge in [-0.25, -0.2) is 0 Å². The normalized spacial score (nSPS) is 24.4. The molecule has 1 heterocycles. The van der Waals surface area contributed by atoms with Gasteiger partial charge in [0, 0.05) is 16.4 Å². The standard InChI is InChI=1S/C15H22BrNO2/c1-4-18-12-5-6-13(14(16)8-12)15(17-3)11-7-10(2)19-9-11/h5-6,8,10-11,15,17H,4,7,9H2,1-3H3. The predicted octanol–water partition coefficient (Wildman–Crippen LogP) is 3.53. The zero-order chi connectivity index (χ0) is 13.8. The van der Waals surface area contributed by atoms with Crippen LogP contribution in [0.25, 0.3) is 0 Å². The Balaban J connectivity index is 2.18. The molecule has 0 spiro atoms. The number of halogens is 1. The maximum absolute atomic E-state index is 5.69. The molecule has 106 valence electrons. The summed E-state index contributed by atoms with van der Waals surface area (Å²) in [5, 5.41) is 3.42. The molecule has 3 unspecified atom stereocenters. The van der Waals surface area contributed by atoms with Crippen LogP contribution in [0.3, 0.4) is 0 Å². The van der Waals surface area contributed by atoms with E-state index in [4.69, 9.17) is 9.47 Å². The van der Waals surface area contributed by atoms with Crippen LogP contribution in [0.1, 0.15) is 31.9 Å². The highest BCUT2D eigenvalue weighted by Gasteiger charge is 2.30. The first-order valence-corrected chi connectivity index (χ1v) is 7.66. The number of ether oxygens (including phenoxy) is 2. The SMILES string of the molecule is CCOc1ccc(C(NC)C2COC(C)C2)c(Br)c1. The molecule has 0 saturated carbocycles. The summed E-state index contributed by atoms with van der Waals surface area (Å²) in [7, 11) is 2.01. The van der Waals surface area contributed by atoms with E-state index < -0.39 is 0 Å². The molecule has 0 radical (unpaired) electrons. The summed E-state index contributed by atoms with van der Waals surface area (Å²) in [5.74, 6) is 1.43. The first-order chi connectivity index (χ1) is 9.15. The van der Waals surface area contributed by atoms with Crippen molar-refractivity contribution in [3.8, 4) is 5.75 Å². The van der Waals surface area contributed by atoms with Crippen LogP contribution in [0.2, 0.25) is 0 Å². The Morgan fingerprint density at radius 2 is 2.32 bits per heavy atom. The van der Waals surface area contributed by atoms with E-state index in [0.717, 1.165) is 23.2 Å². The summed E-state index contributed by atoms with van der Waals surface area (Å²) in [6, 6.07) is 6.53. The number of hydrogen-bond donors (Lipinski definition) is 1. The van der Waals surface area contributed by atoms with E-state index >= 15 is 0 Å². The van der Waals surface area contributed by atoms with Crippen LogP contribution in [0.5, 0.6) is 5.75 Å². The second-order valence-corrected chi connectivity index (χ2v) is 5.88. The lowest BCUT2D eigenvalue weighted by Gasteiger charge is -2.24. The van der Waals surface area contributed by atoms with Gasteiger partial charge in [-0.15, -0.1) is 0 Å². The Morgan fingerprint density at radius 1 is 1.53 bits per heavy atom. The minimum absolute atomic E-state index is 0.315. The molecule has 1 N–H and O–H groups in total.